The number of hydrogen-bond acceptors (Lipinski definition) is 2. The molecule has 0 amide bonds. The molecule has 0 heterocycles. The number of aliphatic carboxylic acids is 1. The number of aliphatic hydroxyl groups is 1. The van der Waals surface area contributed by atoms with Crippen molar-refractivity contribution in [2.45, 2.75) is 32.3 Å². The first kappa shape index (κ1) is 9.71. The van der Waals surface area contributed by atoms with Crippen molar-refractivity contribution in [2.24, 2.45) is 17.3 Å². The van der Waals surface area contributed by atoms with E-state index in [2.05, 4.69) is 6.08 Å². The van der Waals surface area contributed by atoms with E-state index in [1.807, 2.05) is 13.0 Å². The molecule has 0 aromatic rings. The number of carboxylic acids is 1. The van der Waals surface area contributed by atoms with E-state index in [0.29, 0.717) is 6.42 Å². The Labute approximate surface area is 83.4 Å². The Balaban J connectivity index is 2.37. The van der Waals surface area contributed by atoms with Gasteiger partial charge in [-0.1, -0.05) is 19.1 Å². The van der Waals surface area contributed by atoms with Gasteiger partial charge in [-0.25, -0.2) is 0 Å². The van der Waals surface area contributed by atoms with Gasteiger partial charge in [0.25, 0.3) is 0 Å². The molecule has 0 spiro atoms. The summed E-state index contributed by atoms with van der Waals surface area (Å²) in [6.45, 7) is 1.91. The van der Waals surface area contributed by atoms with Crippen LogP contribution in [0.5, 0.6) is 0 Å². The zero-order valence-corrected chi connectivity index (χ0v) is 8.31. The van der Waals surface area contributed by atoms with Crippen molar-refractivity contribution < 1.29 is 15.0 Å². The summed E-state index contributed by atoms with van der Waals surface area (Å²) in [7, 11) is 0. The Morgan fingerprint density at radius 3 is 2.86 bits per heavy atom. The Hall–Kier alpha value is -0.830. The molecule has 2 N–H and O–H groups in total. The minimum atomic E-state index is -0.775. The lowest BCUT2D eigenvalue weighted by Gasteiger charge is -2.40. The summed E-state index contributed by atoms with van der Waals surface area (Å²) in [5, 5.41) is 19.0. The molecule has 3 nitrogen and oxygen atoms in total. The fourth-order valence-corrected chi connectivity index (χ4v) is 3.00. The lowest BCUT2D eigenvalue weighted by Crippen LogP contribution is -2.44. The van der Waals surface area contributed by atoms with Gasteiger partial charge in [-0.2, -0.15) is 0 Å². The Kier molecular flexibility index (Phi) is 2.14. The molecule has 14 heavy (non-hydrogen) atoms. The highest BCUT2D eigenvalue weighted by atomic mass is 16.4. The van der Waals surface area contributed by atoms with Gasteiger partial charge < -0.3 is 10.2 Å². The van der Waals surface area contributed by atoms with Gasteiger partial charge in [0, 0.05) is 5.41 Å². The summed E-state index contributed by atoms with van der Waals surface area (Å²) in [6.07, 6.45) is 5.77. The Morgan fingerprint density at radius 1 is 1.50 bits per heavy atom. The molecular weight excluding hydrogens is 180 g/mol. The first-order chi connectivity index (χ1) is 6.56. The first-order valence-electron chi connectivity index (χ1n) is 5.14. The fraction of sp³-hybridized carbons (Fsp3) is 0.727. The monoisotopic (exact) mass is 196 g/mol. The van der Waals surface area contributed by atoms with Crippen LogP contribution in [0.3, 0.4) is 0 Å². The minimum Gasteiger partial charge on any atom is -0.481 e. The van der Waals surface area contributed by atoms with Crippen LogP contribution >= 0.6 is 0 Å². The predicted octanol–water partition coefficient (Wildman–Crippen LogP) is 1.42. The van der Waals surface area contributed by atoms with Gasteiger partial charge in [-0.15, -0.1) is 0 Å². The zero-order chi connectivity index (χ0) is 10.3. The van der Waals surface area contributed by atoms with E-state index in [1.54, 1.807) is 0 Å². The molecule has 3 heteroatoms. The lowest BCUT2D eigenvalue weighted by molar-refractivity contribution is -0.151. The minimum absolute atomic E-state index is 0.243. The number of rotatable bonds is 1. The normalized spacial score (nSPS) is 46.3. The second kappa shape index (κ2) is 3.09. The van der Waals surface area contributed by atoms with Crippen molar-refractivity contribution >= 4 is 5.97 Å². The van der Waals surface area contributed by atoms with Crippen LogP contribution in [0.15, 0.2) is 12.2 Å². The quantitative estimate of drug-likeness (QED) is 0.624. The predicted molar refractivity (Wildman–Crippen MR) is 51.7 cm³/mol. The number of carbonyl (C=O) groups is 1. The van der Waals surface area contributed by atoms with Crippen LogP contribution < -0.4 is 0 Å². The average molecular weight is 196 g/mol. The molecule has 2 rings (SSSR count). The molecule has 0 unspecified atom stereocenters. The molecule has 0 saturated heterocycles. The van der Waals surface area contributed by atoms with Gasteiger partial charge in [-0.05, 0) is 25.2 Å². The second-order valence-electron chi connectivity index (χ2n) is 4.62. The van der Waals surface area contributed by atoms with E-state index in [9.17, 15) is 9.90 Å². The van der Waals surface area contributed by atoms with Crippen molar-refractivity contribution in [3.8, 4) is 0 Å². The van der Waals surface area contributed by atoms with E-state index >= 15 is 0 Å². The summed E-state index contributed by atoms with van der Waals surface area (Å²) < 4.78 is 0. The van der Waals surface area contributed by atoms with Gasteiger partial charge >= 0.3 is 5.97 Å². The summed E-state index contributed by atoms with van der Waals surface area (Å²) in [6, 6.07) is 0. The molecule has 1 fully saturated rings. The van der Waals surface area contributed by atoms with E-state index in [-0.39, 0.29) is 5.92 Å². The number of hydrogen-bond donors (Lipinski definition) is 2. The van der Waals surface area contributed by atoms with Crippen LogP contribution in [0.2, 0.25) is 0 Å². The molecule has 4 atom stereocenters. The van der Waals surface area contributed by atoms with Gasteiger partial charge in [0.2, 0.25) is 0 Å². The first-order valence-corrected chi connectivity index (χ1v) is 5.14. The second-order valence-corrected chi connectivity index (χ2v) is 4.62. The van der Waals surface area contributed by atoms with Crippen molar-refractivity contribution in [3.05, 3.63) is 12.2 Å². The van der Waals surface area contributed by atoms with Gasteiger partial charge in [0.1, 0.15) is 0 Å². The van der Waals surface area contributed by atoms with Crippen LogP contribution in [-0.4, -0.2) is 22.3 Å². The summed E-state index contributed by atoms with van der Waals surface area (Å²) in [5.74, 6) is -0.954. The molecule has 0 aromatic carbocycles. The van der Waals surface area contributed by atoms with Gasteiger partial charge in [0.15, 0.2) is 0 Å². The largest absolute Gasteiger partial charge is 0.481 e. The van der Waals surface area contributed by atoms with Crippen molar-refractivity contribution in [1.29, 1.82) is 0 Å². The van der Waals surface area contributed by atoms with Crippen LogP contribution in [-0.2, 0) is 4.79 Å². The van der Waals surface area contributed by atoms with E-state index in [4.69, 9.17) is 5.11 Å². The van der Waals surface area contributed by atoms with Crippen LogP contribution in [0.1, 0.15) is 26.2 Å². The van der Waals surface area contributed by atoms with Crippen molar-refractivity contribution in [1.82, 2.24) is 0 Å². The molecule has 1 saturated carbocycles. The average Bonchev–Trinajstić information content (AvgIpc) is 2.42. The smallest absolute Gasteiger partial charge is 0.307 e. The third-order valence-electron chi connectivity index (χ3n) is 4.06. The number of aliphatic hydroxyl groups excluding tert-OH is 1. The highest BCUT2D eigenvalue weighted by Gasteiger charge is 2.53. The van der Waals surface area contributed by atoms with E-state index < -0.39 is 23.4 Å². The van der Waals surface area contributed by atoms with Crippen LogP contribution in [0.4, 0.5) is 0 Å². The maximum Gasteiger partial charge on any atom is 0.307 e. The number of fused-ring (bicyclic) bond motifs is 1. The zero-order valence-electron chi connectivity index (χ0n) is 8.31. The van der Waals surface area contributed by atoms with Gasteiger partial charge in [0.05, 0.1) is 12.0 Å². The molecule has 2 aliphatic rings. The Bertz CT molecular complexity index is 284. The lowest BCUT2D eigenvalue weighted by atomic mass is 9.64. The molecule has 0 radical (unpaired) electrons. The molecule has 0 aromatic heterocycles. The molecule has 78 valence electrons. The number of carboxylic acid groups (broad SMARTS) is 1. The molecule has 2 aliphatic carbocycles. The topological polar surface area (TPSA) is 57.5 Å². The van der Waals surface area contributed by atoms with E-state index in [1.165, 1.54) is 0 Å². The molecule has 0 bridgehead atoms. The maximum absolute atomic E-state index is 11.1. The standard InChI is InChI=1S/C11H16O3/c1-11-7(5-6-9(11)12)3-2-4-8(11)10(13)14/h2-3,7-9,12H,4-6H2,1H3,(H,13,14)/t7-,8+,9+,11-/m0/s1. The number of allylic oxidation sites excluding steroid dienone is 2. The van der Waals surface area contributed by atoms with Gasteiger partial charge in [-0.3, -0.25) is 4.79 Å². The molecule has 0 aliphatic heterocycles. The van der Waals surface area contributed by atoms with Crippen molar-refractivity contribution in [2.75, 3.05) is 0 Å². The Morgan fingerprint density at radius 2 is 2.21 bits per heavy atom. The highest BCUT2D eigenvalue weighted by molar-refractivity contribution is 5.72. The van der Waals surface area contributed by atoms with Crippen LogP contribution in [0, 0.1) is 17.3 Å². The third kappa shape index (κ3) is 1.12. The van der Waals surface area contributed by atoms with Crippen LogP contribution in [0.25, 0.3) is 0 Å². The van der Waals surface area contributed by atoms with E-state index in [0.717, 1.165) is 12.8 Å². The summed E-state index contributed by atoms with van der Waals surface area (Å²) in [5.41, 5.74) is -0.444. The maximum atomic E-state index is 11.1. The molecular formula is C11H16O3. The van der Waals surface area contributed by atoms with Crippen molar-refractivity contribution in [3.63, 3.8) is 0 Å². The SMILES string of the molecule is C[C@]12[C@H](O)CC[C@@H]1C=CC[C@@H]2C(=O)O. The summed E-state index contributed by atoms with van der Waals surface area (Å²) >= 11 is 0. The highest BCUT2D eigenvalue weighted by Crippen LogP contribution is 2.52. The fourth-order valence-electron chi connectivity index (χ4n) is 3.00. The summed E-state index contributed by atoms with van der Waals surface area (Å²) in [4.78, 5) is 11.1. The third-order valence-corrected chi connectivity index (χ3v) is 4.06.